The van der Waals surface area contributed by atoms with Crippen LogP contribution in [0.2, 0.25) is 18.1 Å². The fraction of sp³-hybridized carbons (Fsp3) is 0.458. The minimum Gasteiger partial charge on any atom is -0.415 e. The summed E-state index contributed by atoms with van der Waals surface area (Å²) >= 11 is 0. The zero-order valence-corrected chi connectivity index (χ0v) is 21.4. The normalized spacial score (nSPS) is 12.8. The number of hydrogen-bond donors (Lipinski definition) is 1. The first-order valence-electron chi connectivity index (χ1n) is 11.1. The van der Waals surface area contributed by atoms with Crippen molar-refractivity contribution in [2.75, 3.05) is 11.9 Å². The molecule has 4 aromatic rings. The van der Waals surface area contributed by atoms with Crippen molar-refractivity contribution < 1.29 is 4.43 Å². The predicted molar refractivity (Wildman–Crippen MR) is 134 cm³/mol. The zero-order chi connectivity index (χ0) is 23.3. The molecule has 0 aliphatic carbocycles. The van der Waals surface area contributed by atoms with Crippen molar-refractivity contribution in [3.63, 3.8) is 0 Å². The van der Waals surface area contributed by atoms with Crippen LogP contribution in [0.15, 0.2) is 30.6 Å². The molecule has 0 aliphatic rings. The molecule has 170 valence electrons. The first kappa shape index (κ1) is 22.5. The van der Waals surface area contributed by atoms with E-state index in [1.807, 2.05) is 43.2 Å². The lowest BCUT2D eigenvalue weighted by Crippen LogP contribution is -2.41. The zero-order valence-electron chi connectivity index (χ0n) is 20.4. The molecule has 0 atom stereocenters. The number of aromatic nitrogens is 5. The Hall–Kier alpha value is -2.71. The van der Waals surface area contributed by atoms with Gasteiger partial charge < -0.3 is 14.3 Å². The summed E-state index contributed by atoms with van der Waals surface area (Å²) in [5.74, 6) is 0.805. The number of hydrogen-bond acceptors (Lipinski definition) is 5. The van der Waals surface area contributed by atoms with Crippen LogP contribution in [0, 0.1) is 13.8 Å². The van der Waals surface area contributed by atoms with Crippen LogP contribution in [0.3, 0.4) is 0 Å². The minimum atomic E-state index is -1.76. The highest BCUT2D eigenvalue weighted by molar-refractivity contribution is 6.74. The van der Waals surface area contributed by atoms with E-state index in [0.29, 0.717) is 6.61 Å². The summed E-state index contributed by atoms with van der Waals surface area (Å²) in [6.45, 7) is 16.9. The van der Waals surface area contributed by atoms with Crippen molar-refractivity contribution in [1.82, 2.24) is 24.3 Å². The highest BCUT2D eigenvalue weighted by Crippen LogP contribution is 2.36. The van der Waals surface area contributed by atoms with Gasteiger partial charge in [0.05, 0.1) is 35.7 Å². The summed E-state index contributed by atoms with van der Waals surface area (Å²) in [5, 5.41) is 10.7. The Balaban J connectivity index is 1.55. The summed E-state index contributed by atoms with van der Waals surface area (Å²) in [6, 6.07) is 6.15. The standard InChI is InChI=1S/C24H34N6OSi/c1-16-22(17(2)30(28-16)13-14-31-32(7,8)24(3,4)5)26-21-10-9-18-19-15-25-12-11-20(19)29(6)23(18)27-21/h9-12,15H,13-14H2,1-8H3,(H,26,27). The average Bonchev–Trinajstić information content (AvgIpc) is 3.16. The van der Waals surface area contributed by atoms with Crippen LogP contribution in [-0.4, -0.2) is 39.2 Å². The Bertz CT molecular complexity index is 1280. The molecular formula is C24H34N6OSi. The van der Waals surface area contributed by atoms with E-state index in [0.717, 1.165) is 51.4 Å². The predicted octanol–water partition coefficient (Wildman–Crippen LogP) is 5.70. The lowest BCUT2D eigenvalue weighted by atomic mass is 10.2. The molecule has 0 saturated heterocycles. The molecule has 4 rings (SSSR count). The van der Waals surface area contributed by atoms with Crippen LogP contribution in [-0.2, 0) is 18.0 Å². The summed E-state index contributed by atoms with van der Waals surface area (Å²) in [4.78, 5) is 9.16. The third-order valence-electron chi connectivity index (χ3n) is 6.85. The maximum Gasteiger partial charge on any atom is 0.192 e. The molecule has 0 radical (unpaired) electrons. The summed E-state index contributed by atoms with van der Waals surface area (Å²) < 4.78 is 10.5. The van der Waals surface area contributed by atoms with E-state index in [1.54, 1.807) is 0 Å². The highest BCUT2D eigenvalue weighted by Gasteiger charge is 2.36. The molecule has 0 bridgehead atoms. The van der Waals surface area contributed by atoms with E-state index in [4.69, 9.17) is 14.5 Å². The van der Waals surface area contributed by atoms with E-state index in [-0.39, 0.29) is 5.04 Å². The Morgan fingerprint density at radius 1 is 1.09 bits per heavy atom. The van der Waals surface area contributed by atoms with Crippen molar-refractivity contribution in [2.24, 2.45) is 7.05 Å². The SMILES string of the molecule is Cc1nn(CCO[Si](C)(C)C(C)(C)C)c(C)c1Nc1ccc2c3cnccc3n(C)c2n1. The molecule has 0 saturated carbocycles. The molecule has 4 heterocycles. The largest absolute Gasteiger partial charge is 0.415 e. The molecule has 8 heteroatoms. The molecule has 1 N–H and O–H groups in total. The minimum absolute atomic E-state index is 0.205. The third kappa shape index (κ3) is 3.93. The molecule has 0 aliphatic heterocycles. The van der Waals surface area contributed by atoms with Crippen LogP contribution in [0.4, 0.5) is 11.5 Å². The molecule has 0 unspecified atom stereocenters. The number of rotatable bonds is 6. The van der Waals surface area contributed by atoms with Crippen LogP contribution < -0.4 is 5.32 Å². The second-order valence-corrected chi connectivity index (χ2v) is 14.8. The Morgan fingerprint density at radius 2 is 1.84 bits per heavy atom. The Kier molecular flexibility index (Phi) is 5.62. The molecule has 0 spiro atoms. The maximum atomic E-state index is 6.35. The maximum absolute atomic E-state index is 6.35. The van der Waals surface area contributed by atoms with Gasteiger partial charge in [0.25, 0.3) is 0 Å². The van der Waals surface area contributed by atoms with Gasteiger partial charge >= 0.3 is 0 Å². The fourth-order valence-corrected chi connectivity index (χ4v) is 4.85. The quantitative estimate of drug-likeness (QED) is 0.382. The van der Waals surface area contributed by atoms with Crippen molar-refractivity contribution in [3.05, 3.63) is 42.0 Å². The first-order valence-corrected chi connectivity index (χ1v) is 14.0. The monoisotopic (exact) mass is 450 g/mol. The molecular weight excluding hydrogens is 416 g/mol. The molecule has 32 heavy (non-hydrogen) atoms. The number of aryl methyl sites for hydroxylation is 2. The van der Waals surface area contributed by atoms with Crippen molar-refractivity contribution in [2.45, 2.75) is 59.3 Å². The third-order valence-corrected chi connectivity index (χ3v) is 11.4. The van der Waals surface area contributed by atoms with Crippen LogP contribution >= 0.6 is 0 Å². The van der Waals surface area contributed by atoms with Crippen molar-refractivity contribution in [3.8, 4) is 0 Å². The molecule has 4 aromatic heterocycles. The summed E-state index contributed by atoms with van der Waals surface area (Å²) in [5.41, 5.74) is 5.11. The molecule has 0 fully saturated rings. The first-order chi connectivity index (χ1) is 15.0. The van der Waals surface area contributed by atoms with E-state index in [2.05, 4.69) is 61.7 Å². The lowest BCUT2D eigenvalue weighted by molar-refractivity contribution is 0.264. The molecule has 7 nitrogen and oxygen atoms in total. The van der Waals surface area contributed by atoms with E-state index < -0.39 is 8.32 Å². The second-order valence-electron chi connectivity index (χ2n) is 10.0. The Labute approximate surface area is 190 Å². The van der Waals surface area contributed by atoms with Gasteiger partial charge in [-0.2, -0.15) is 5.10 Å². The fourth-order valence-electron chi connectivity index (χ4n) is 3.81. The van der Waals surface area contributed by atoms with Gasteiger partial charge in [0.1, 0.15) is 11.5 Å². The lowest BCUT2D eigenvalue weighted by Gasteiger charge is -2.36. The topological polar surface area (TPSA) is 69.8 Å². The van der Waals surface area contributed by atoms with Gasteiger partial charge in [-0.05, 0) is 50.2 Å². The van der Waals surface area contributed by atoms with Crippen LogP contribution in [0.25, 0.3) is 21.9 Å². The van der Waals surface area contributed by atoms with E-state index in [9.17, 15) is 0 Å². The van der Waals surface area contributed by atoms with Crippen LogP contribution in [0.1, 0.15) is 32.2 Å². The van der Waals surface area contributed by atoms with Gasteiger partial charge in [-0.3, -0.25) is 9.67 Å². The Morgan fingerprint density at radius 3 is 2.56 bits per heavy atom. The number of anilines is 2. The van der Waals surface area contributed by atoms with Gasteiger partial charge in [-0.1, -0.05) is 20.8 Å². The number of nitrogens with zero attached hydrogens (tertiary/aromatic N) is 5. The van der Waals surface area contributed by atoms with Crippen molar-refractivity contribution in [1.29, 1.82) is 0 Å². The smallest absolute Gasteiger partial charge is 0.192 e. The van der Waals surface area contributed by atoms with Gasteiger partial charge in [-0.15, -0.1) is 0 Å². The summed E-state index contributed by atoms with van der Waals surface area (Å²) in [7, 11) is 0.277. The number of nitrogens with one attached hydrogen (secondary N) is 1. The van der Waals surface area contributed by atoms with Gasteiger partial charge in [-0.25, -0.2) is 4.98 Å². The van der Waals surface area contributed by atoms with Crippen molar-refractivity contribution >= 4 is 41.8 Å². The van der Waals surface area contributed by atoms with Gasteiger partial charge in [0.2, 0.25) is 0 Å². The van der Waals surface area contributed by atoms with Crippen LogP contribution in [0.5, 0.6) is 0 Å². The molecule has 0 aromatic carbocycles. The summed E-state index contributed by atoms with van der Waals surface area (Å²) in [6.07, 6.45) is 3.72. The number of pyridine rings is 2. The van der Waals surface area contributed by atoms with Gasteiger partial charge in [0, 0.05) is 30.2 Å². The second kappa shape index (κ2) is 8.01. The van der Waals surface area contributed by atoms with E-state index in [1.165, 1.54) is 0 Å². The van der Waals surface area contributed by atoms with E-state index >= 15 is 0 Å². The average molecular weight is 451 g/mol. The van der Waals surface area contributed by atoms with Gasteiger partial charge in [0.15, 0.2) is 8.32 Å². The highest BCUT2D eigenvalue weighted by atomic mass is 28.4. The molecule has 0 amide bonds. The number of fused-ring (bicyclic) bond motifs is 3.